The molecule has 1 aromatic carbocycles. The smallest absolute Gasteiger partial charge is 0.296 e. The first-order chi connectivity index (χ1) is 18.4. The van der Waals surface area contributed by atoms with E-state index in [2.05, 4.69) is 30.6 Å². The van der Waals surface area contributed by atoms with Crippen LogP contribution in [0, 0.1) is 0 Å². The molecule has 2 aliphatic rings. The van der Waals surface area contributed by atoms with Crippen LogP contribution in [0.15, 0.2) is 24.3 Å². The van der Waals surface area contributed by atoms with Crippen LogP contribution in [-0.2, 0) is 9.53 Å². The summed E-state index contributed by atoms with van der Waals surface area (Å²) in [6.45, 7) is 2.60. The van der Waals surface area contributed by atoms with E-state index in [4.69, 9.17) is 4.74 Å². The molecule has 0 unspecified atom stereocenters. The Morgan fingerprint density at radius 3 is 2.42 bits per heavy atom. The SMILES string of the molecule is CN(C)CC(=O)NC1CCC(Nc2nc(N3CCOCC3)nc(-n3c(C(F)F)nc4ccccc43)n2)CC1. The largest absolute Gasteiger partial charge is 0.378 e. The topological polar surface area (TPSA) is 113 Å². The molecule has 0 atom stereocenters. The molecule has 2 aromatic heterocycles. The Morgan fingerprint density at radius 2 is 1.71 bits per heavy atom. The maximum atomic E-state index is 14.0. The van der Waals surface area contributed by atoms with Gasteiger partial charge in [0.1, 0.15) is 0 Å². The Hall–Kier alpha value is -3.45. The molecule has 2 N–H and O–H groups in total. The number of hydrogen-bond acceptors (Lipinski definition) is 9. The fraction of sp³-hybridized carbons (Fsp3) is 0.560. The van der Waals surface area contributed by atoms with Crippen molar-refractivity contribution in [2.24, 2.45) is 0 Å². The van der Waals surface area contributed by atoms with Gasteiger partial charge < -0.3 is 25.2 Å². The first-order valence-corrected chi connectivity index (χ1v) is 12.9. The van der Waals surface area contributed by atoms with Gasteiger partial charge in [0.15, 0.2) is 5.82 Å². The minimum Gasteiger partial charge on any atom is -0.378 e. The number of ether oxygens (including phenoxy) is 1. The number of benzene rings is 1. The number of nitrogens with one attached hydrogen (secondary N) is 2. The second-order valence-electron chi connectivity index (χ2n) is 9.95. The highest BCUT2D eigenvalue weighted by molar-refractivity contribution is 5.78. The molecule has 0 bridgehead atoms. The standard InChI is InChI=1S/C25H33F2N9O2/c1-34(2)15-20(37)28-16-7-9-17(10-8-16)29-23-31-24(35-11-13-38-14-12-35)33-25(32-23)36-19-6-4-3-5-18(19)30-22(36)21(26)27/h3-6,16-17,21H,7-15H2,1-2H3,(H,28,37)(H,29,31,32,33). The molecule has 3 aromatic rings. The summed E-state index contributed by atoms with van der Waals surface area (Å²) in [4.78, 5) is 33.9. The highest BCUT2D eigenvalue weighted by Crippen LogP contribution is 2.28. The average Bonchev–Trinajstić information content (AvgIpc) is 3.30. The number of aromatic nitrogens is 5. The number of hydrogen-bond donors (Lipinski definition) is 2. The number of carbonyl (C=O) groups excluding carboxylic acids is 1. The minimum absolute atomic E-state index is 0.0195. The number of imidazole rings is 1. The summed E-state index contributed by atoms with van der Waals surface area (Å²) in [5.74, 6) is 0.437. The van der Waals surface area contributed by atoms with Crippen LogP contribution < -0.4 is 15.5 Å². The molecule has 5 rings (SSSR count). The lowest BCUT2D eigenvalue weighted by Gasteiger charge is -2.31. The number of para-hydroxylation sites is 2. The van der Waals surface area contributed by atoms with E-state index in [1.165, 1.54) is 4.57 Å². The molecule has 1 aliphatic heterocycles. The lowest BCUT2D eigenvalue weighted by molar-refractivity contribution is -0.122. The number of alkyl halides is 2. The molecular weight excluding hydrogens is 496 g/mol. The third-order valence-electron chi connectivity index (χ3n) is 6.77. The number of amides is 1. The lowest BCUT2D eigenvalue weighted by atomic mass is 9.91. The predicted octanol–water partition coefficient (Wildman–Crippen LogP) is 2.39. The van der Waals surface area contributed by atoms with Gasteiger partial charge in [-0.1, -0.05) is 12.1 Å². The zero-order valence-electron chi connectivity index (χ0n) is 21.6. The van der Waals surface area contributed by atoms with Crippen molar-refractivity contribution in [2.75, 3.05) is 57.2 Å². The lowest BCUT2D eigenvalue weighted by Crippen LogP contribution is -2.43. The van der Waals surface area contributed by atoms with Crippen molar-refractivity contribution in [2.45, 2.75) is 44.2 Å². The van der Waals surface area contributed by atoms with Crippen LogP contribution in [0.4, 0.5) is 20.7 Å². The average molecular weight is 530 g/mol. The number of carbonyl (C=O) groups is 1. The Balaban J connectivity index is 1.40. The van der Waals surface area contributed by atoms with Crippen LogP contribution in [0.1, 0.15) is 37.9 Å². The van der Waals surface area contributed by atoms with Crippen LogP contribution >= 0.6 is 0 Å². The summed E-state index contributed by atoms with van der Waals surface area (Å²) < 4.78 is 34.9. The second kappa shape index (κ2) is 11.5. The van der Waals surface area contributed by atoms with E-state index in [0.29, 0.717) is 55.8 Å². The van der Waals surface area contributed by atoms with Gasteiger partial charge in [-0.2, -0.15) is 15.0 Å². The molecule has 0 radical (unpaired) electrons. The molecular formula is C25H33F2N9O2. The van der Waals surface area contributed by atoms with Crippen molar-refractivity contribution in [3.8, 4) is 5.95 Å². The number of nitrogens with zero attached hydrogens (tertiary/aromatic N) is 7. The van der Waals surface area contributed by atoms with Crippen molar-refractivity contribution in [3.05, 3.63) is 30.1 Å². The molecule has 204 valence electrons. The second-order valence-corrected chi connectivity index (χ2v) is 9.95. The minimum atomic E-state index is -2.81. The van der Waals surface area contributed by atoms with Gasteiger partial charge in [-0.15, -0.1) is 0 Å². The third-order valence-corrected chi connectivity index (χ3v) is 6.77. The molecule has 1 saturated carbocycles. The normalized spacial score (nSPS) is 20.3. The molecule has 3 heterocycles. The van der Waals surface area contributed by atoms with Gasteiger partial charge in [-0.25, -0.2) is 13.8 Å². The number of morpholine rings is 1. The van der Waals surface area contributed by atoms with Gasteiger partial charge in [0.25, 0.3) is 6.43 Å². The molecule has 1 aliphatic carbocycles. The molecule has 13 heteroatoms. The number of likely N-dealkylation sites (N-methyl/N-ethyl adjacent to an activating group) is 1. The van der Waals surface area contributed by atoms with Crippen molar-refractivity contribution in [1.29, 1.82) is 0 Å². The van der Waals surface area contributed by atoms with E-state index >= 15 is 0 Å². The van der Waals surface area contributed by atoms with Gasteiger partial charge in [0, 0.05) is 25.2 Å². The van der Waals surface area contributed by atoms with Crippen molar-refractivity contribution in [3.63, 3.8) is 0 Å². The van der Waals surface area contributed by atoms with Crippen molar-refractivity contribution >= 4 is 28.8 Å². The van der Waals surface area contributed by atoms with Gasteiger partial charge in [0.05, 0.1) is 30.8 Å². The van der Waals surface area contributed by atoms with Gasteiger partial charge >= 0.3 is 0 Å². The Bertz CT molecular complexity index is 1250. The van der Waals surface area contributed by atoms with Gasteiger partial charge in [0.2, 0.25) is 23.8 Å². The Morgan fingerprint density at radius 1 is 1.03 bits per heavy atom. The number of anilines is 2. The zero-order chi connectivity index (χ0) is 26.6. The summed E-state index contributed by atoms with van der Waals surface area (Å²) in [5, 5.41) is 6.50. The number of halogens is 2. The maximum absolute atomic E-state index is 14.0. The fourth-order valence-electron chi connectivity index (χ4n) is 4.95. The zero-order valence-corrected chi connectivity index (χ0v) is 21.6. The molecule has 11 nitrogen and oxygen atoms in total. The molecule has 1 amide bonds. The van der Waals surface area contributed by atoms with Crippen LogP contribution in [0.2, 0.25) is 0 Å². The summed E-state index contributed by atoms with van der Waals surface area (Å²) in [7, 11) is 3.73. The molecule has 0 spiro atoms. The summed E-state index contributed by atoms with van der Waals surface area (Å²) in [6, 6.07) is 7.16. The van der Waals surface area contributed by atoms with E-state index in [9.17, 15) is 13.6 Å². The number of rotatable bonds is 8. The number of fused-ring (bicyclic) bond motifs is 1. The van der Waals surface area contributed by atoms with E-state index in [1.54, 1.807) is 24.3 Å². The monoisotopic (exact) mass is 529 g/mol. The van der Waals surface area contributed by atoms with Crippen molar-refractivity contribution < 1.29 is 18.3 Å². The van der Waals surface area contributed by atoms with E-state index in [0.717, 1.165) is 25.7 Å². The van der Waals surface area contributed by atoms with E-state index in [-0.39, 0.29) is 23.9 Å². The van der Waals surface area contributed by atoms with Crippen LogP contribution in [0.5, 0.6) is 0 Å². The van der Waals surface area contributed by atoms with Gasteiger partial charge in [-0.3, -0.25) is 9.36 Å². The summed E-state index contributed by atoms with van der Waals surface area (Å²) in [6.07, 6.45) is 0.480. The van der Waals surface area contributed by atoms with Crippen LogP contribution in [-0.4, -0.2) is 94.3 Å². The molecule has 1 saturated heterocycles. The summed E-state index contributed by atoms with van der Waals surface area (Å²) in [5.41, 5.74) is 0.946. The Labute approximate surface area is 219 Å². The van der Waals surface area contributed by atoms with Crippen LogP contribution in [0.3, 0.4) is 0 Å². The highest BCUT2D eigenvalue weighted by Gasteiger charge is 2.27. The van der Waals surface area contributed by atoms with Crippen LogP contribution in [0.25, 0.3) is 17.0 Å². The van der Waals surface area contributed by atoms with Crippen molar-refractivity contribution in [1.82, 2.24) is 34.7 Å². The first-order valence-electron chi connectivity index (χ1n) is 12.9. The Kier molecular flexibility index (Phi) is 7.93. The molecule has 2 fully saturated rings. The third kappa shape index (κ3) is 5.99. The van der Waals surface area contributed by atoms with E-state index in [1.807, 2.05) is 23.9 Å². The van der Waals surface area contributed by atoms with Gasteiger partial charge in [-0.05, 0) is 51.9 Å². The first kappa shape index (κ1) is 26.2. The quantitative estimate of drug-likeness (QED) is 0.454. The predicted molar refractivity (Wildman–Crippen MR) is 139 cm³/mol. The molecule has 38 heavy (non-hydrogen) atoms. The highest BCUT2D eigenvalue weighted by atomic mass is 19.3. The summed E-state index contributed by atoms with van der Waals surface area (Å²) >= 11 is 0. The van der Waals surface area contributed by atoms with E-state index < -0.39 is 12.2 Å². The maximum Gasteiger partial charge on any atom is 0.296 e. The fourth-order valence-corrected chi connectivity index (χ4v) is 4.95.